The van der Waals surface area contributed by atoms with Gasteiger partial charge in [-0.15, -0.1) is 6.58 Å². The van der Waals surface area contributed by atoms with Crippen molar-refractivity contribution in [2.24, 2.45) is 5.41 Å². The number of piperidine rings is 1. The van der Waals surface area contributed by atoms with Crippen LogP contribution in [0.5, 0.6) is 0 Å². The summed E-state index contributed by atoms with van der Waals surface area (Å²) in [5.74, 6) is 0. The van der Waals surface area contributed by atoms with Crippen molar-refractivity contribution in [2.75, 3.05) is 13.1 Å². The molecule has 0 aromatic heterocycles. The molecule has 0 aromatic carbocycles. The van der Waals surface area contributed by atoms with E-state index in [1.54, 1.807) is 0 Å². The molecule has 1 fully saturated rings. The third-order valence-electron chi connectivity index (χ3n) is 2.44. The highest BCUT2D eigenvalue weighted by Gasteiger charge is 2.31. The molecular weight excluding hydrogens is 148 g/mol. The van der Waals surface area contributed by atoms with Crippen LogP contribution in [0.4, 0.5) is 0 Å². The predicted octanol–water partition coefficient (Wildman–Crippen LogP) is 1.85. The molecule has 1 aliphatic heterocycles. The van der Waals surface area contributed by atoms with Crippen molar-refractivity contribution in [1.82, 2.24) is 5.32 Å². The topological polar surface area (TPSA) is 35.8 Å². The molecule has 2 heteroatoms. The number of allylic oxidation sites excluding steroid dienone is 1. The van der Waals surface area contributed by atoms with Crippen LogP contribution in [0.25, 0.3) is 0 Å². The third kappa shape index (κ3) is 2.09. The Morgan fingerprint density at radius 3 is 2.58 bits per heavy atom. The molecule has 0 bridgehead atoms. The highest BCUT2D eigenvalue weighted by atomic mass is 14.9. The SMILES string of the molecule is C=C(C)CC1(C#N)CCNCC1. The molecule has 1 rings (SSSR count). The summed E-state index contributed by atoms with van der Waals surface area (Å²) in [5.41, 5.74) is 1.01. The molecule has 1 saturated heterocycles. The number of nitrogens with zero attached hydrogens (tertiary/aromatic N) is 1. The zero-order chi connectivity index (χ0) is 9.03. The van der Waals surface area contributed by atoms with Crippen molar-refractivity contribution < 1.29 is 0 Å². The molecule has 0 amide bonds. The van der Waals surface area contributed by atoms with Crippen LogP contribution in [-0.4, -0.2) is 13.1 Å². The molecule has 0 radical (unpaired) electrons. The minimum Gasteiger partial charge on any atom is -0.317 e. The zero-order valence-electron chi connectivity index (χ0n) is 7.69. The molecule has 0 spiro atoms. The summed E-state index contributed by atoms with van der Waals surface area (Å²) in [6.45, 7) is 7.82. The molecule has 66 valence electrons. The predicted molar refractivity (Wildman–Crippen MR) is 49.6 cm³/mol. The third-order valence-corrected chi connectivity index (χ3v) is 2.44. The molecule has 0 aromatic rings. The average molecular weight is 164 g/mol. The monoisotopic (exact) mass is 164 g/mol. The molecule has 1 aliphatic rings. The van der Waals surface area contributed by atoms with Gasteiger partial charge in [-0.25, -0.2) is 0 Å². The molecule has 0 atom stereocenters. The van der Waals surface area contributed by atoms with Crippen LogP contribution in [-0.2, 0) is 0 Å². The minimum atomic E-state index is -0.114. The van der Waals surface area contributed by atoms with Crippen molar-refractivity contribution >= 4 is 0 Å². The zero-order valence-corrected chi connectivity index (χ0v) is 7.69. The molecule has 1 heterocycles. The molecule has 0 unspecified atom stereocenters. The maximum atomic E-state index is 9.07. The van der Waals surface area contributed by atoms with Crippen LogP contribution in [0, 0.1) is 16.7 Å². The first-order chi connectivity index (χ1) is 5.68. The van der Waals surface area contributed by atoms with E-state index in [9.17, 15) is 0 Å². The number of hydrogen-bond acceptors (Lipinski definition) is 2. The van der Waals surface area contributed by atoms with Gasteiger partial charge in [0.05, 0.1) is 11.5 Å². The summed E-state index contributed by atoms with van der Waals surface area (Å²) >= 11 is 0. The molecule has 1 N–H and O–H groups in total. The maximum Gasteiger partial charge on any atom is 0.0694 e. The Labute approximate surface area is 74.3 Å². The van der Waals surface area contributed by atoms with Crippen LogP contribution in [0.3, 0.4) is 0 Å². The van der Waals surface area contributed by atoms with Gasteiger partial charge in [0.2, 0.25) is 0 Å². The lowest BCUT2D eigenvalue weighted by Gasteiger charge is -2.31. The van der Waals surface area contributed by atoms with E-state index in [-0.39, 0.29) is 5.41 Å². The summed E-state index contributed by atoms with van der Waals surface area (Å²) < 4.78 is 0. The fourth-order valence-electron chi connectivity index (χ4n) is 1.81. The highest BCUT2D eigenvalue weighted by Crippen LogP contribution is 2.34. The second-order valence-electron chi connectivity index (χ2n) is 3.78. The Bertz CT molecular complexity index is 206. The van der Waals surface area contributed by atoms with E-state index in [4.69, 9.17) is 5.26 Å². The van der Waals surface area contributed by atoms with Gasteiger partial charge in [-0.3, -0.25) is 0 Å². The Morgan fingerprint density at radius 2 is 2.17 bits per heavy atom. The van der Waals surface area contributed by atoms with Crippen LogP contribution < -0.4 is 5.32 Å². The fraction of sp³-hybridized carbons (Fsp3) is 0.700. The van der Waals surface area contributed by atoms with Gasteiger partial charge in [-0.05, 0) is 39.3 Å². The van der Waals surface area contributed by atoms with E-state index in [0.717, 1.165) is 37.9 Å². The van der Waals surface area contributed by atoms with Crippen molar-refractivity contribution in [3.63, 3.8) is 0 Å². The van der Waals surface area contributed by atoms with Gasteiger partial charge in [0.1, 0.15) is 0 Å². The maximum absolute atomic E-state index is 9.07. The van der Waals surface area contributed by atoms with Gasteiger partial charge in [0.25, 0.3) is 0 Å². The number of rotatable bonds is 2. The second-order valence-corrected chi connectivity index (χ2v) is 3.78. The van der Waals surface area contributed by atoms with Crippen LogP contribution in [0.15, 0.2) is 12.2 Å². The summed E-state index contributed by atoms with van der Waals surface area (Å²) in [5, 5.41) is 12.3. The number of nitrogens with one attached hydrogen (secondary N) is 1. The Kier molecular flexibility index (Phi) is 2.88. The molecular formula is C10H16N2. The summed E-state index contributed by atoms with van der Waals surface area (Å²) in [6.07, 6.45) is 2.80. The molecule has 2 nitrogen and oxygen atoms in total. The Balaban J connectivity index is 2.61. The smallest absolute Gasteiger partial charge is 0.0694 e. The van der Waals surface area contributed by atoms with Gasteiger partial charge in [-0.1, -0.05) is 5.57 Å². The van der Waals surface area contributed by atoms with Crippen molar-refractivity contribution in [2.45, 2.75) is 26.2 Å². The lowest BCUT2D eigenvalue weighted by molar-refractivity contribution is 0.280. The van der Waals surface area contributed by atoms with Crippen LogP contribution in [0.2, 0.25) is 0 Å². The van der Waals surface area contributed by atoms with Crippen LogP contribution >= 0.6 is 0 Å². The second kappa shape index (κ2) is 3.73. The Hall–Kier alpha value is -0.810. The van der Waals surface area contributed by atoms with Gasteiger partial charge in [-0.2, -0.15) is 5.26 Å². The average Bonchev–Trinajstić information content (AvgIpc) is 2.05. The summed E-state index contributed by atoms with van der Waals surface area (Å²) in [4.78, 5) is 0. The van der Waals surface area contributed by atoms with Crippen LogP contribution in [0.1, 0.15) is 26.2 Å². The van der Waals surface area contributed by atoms with E-state index in [1.807, 2.05) is 6.92 Å². The normalized spacial score (nSPS) is 21.3. The van der Waals surface area contributed by atoms with E-state index in [0.29, 0.717) is 0 Å². The van der Waals surface area contributed by atoms with E-state index in [1.165, 1.54) is 0 Å². The lowest BCUT2D eigenvalue weighted by atomic mass is 9.76. The van der Waals surface area contributed by atoms with E-state index in [2.05, 4.69) is 18.0 Å². The first-order valence-electron chi connectivity index (χ1n) is 4.45. The minimum absolute atomic E-state index is 0.114. The standard InChI is InChI=1S/C10H16N2/c1-9(2)7-10(8-11)3-5-12-6-4-10/h12H,1,3-7H2,2H3. The van der Waals surface area contributed by atoms with Crippen molar-refractivity contribution in [3.8, 4) is 6.07 Å². The molecule has 12 heavy (non-hydrogen) atoms. The van der Waals surface area contributed by atoms with Crippen molar-refractivity contribution in [3.05, 3.63) is 12.2 Å². The first-order valence-corrected chi connectivity index (χ1v) is 4.45. The first kappa shape index (κ1) is 9.28. The van der Waals surface area contributed by atoms with Gasteiger partial charge in [0.15, 0.2) is 0 Å². The summed E-state index contributed by atoms with van der Waals surface area (Å²) in [6, 6.07) is 2.45. The lowest BCUT2D eigenvalue weighted by Crippen LogP contribution is -2.35. The highest BCUT2D eigenvalue weighted by molar-refractivity contribution is 5.08. The van der Waals surface area contributed by atoms with Crippen molar-refractivity contribution in [1.29, 1.82) is 5.26 Å². The number of hydrogen-bond donors (Lipinski definition) is 1. The van der Waals surface area contributed by atoms with E-state index < -0.39 is 0 Å². The van der Waals surface area contributed by atoms with Gasteiger partial charge in [0, 0.05) is 0 Å². The fourth-order valence-corrected chi connectivity index (χ4v) is 1.81. The quantitative estimate of drug-likeness (QED) is 0.632. The van der Waals surface area contributed by atoms with Gasteiger partial charge < -0.3 is 5.32 Å². The summed E-state index contributed by atoms with van der Waals surface area (Å²) in [7, 11) is 0. The molecule has 0 aliphatic carbocycles. The Morgan fingerprint density at radius 1 is 1.58 bits per heavy atom. The van der Waals surface area contributed by atoms with Gasteiger partial charge >= 0.3 is 0 Å². The molecule has 0 saturated carbocycles. The van der Waals surface area contributed by atoms with E-state index >= 15 is 0 Å². The number of nitriles is 1. The largest absolute Gasteiger partial charge is 0.317 e.